The third-order valence-corrected chi connectivity index (χ3v) is 0.864. The van der Waals surface area contributed by atoms with E-state index >= 15 is 0 Å². The molecule has 0 bridgehead atoms. The van der Waals surface area contributed by atoms with E-state index in [0.717, 1.165) is 11.0 Å². The van der Waals surface area contributed by atoms with E-state index < -0.39 is 6.10 Å². The van der Waals surface area contributed by atoms with Crippen molar-refractivity contribution in [2.75, 3.05) is 27.7 Å². The highest BCUT2D eigenvalue weighted by molar-refractivity contribution is 5.02. The van der Waals surface area contributed by atoms with Crippen molar-refractivity contribution >= 4 is 0 Å². The first-order valence-corrected chi connectivity index (χ1v) is 3.39. The molecule has 0 aliphatic rings. The Hall–Kier alpha value is -0.520. The minimum Gasteiger partial charge on any atom is -0.381 e. The Bertz CT molecular complexity index is 145. The second-order valence-electron chi connectivity index (χ2n) is 3.45. The summed E-state index contributed by atoms with van der Waals surface area (Å²) in [6.45, 7) is 2.45. The Balaban J connectivity index is 3.67. The molecule has 1 N–H and O–H groups in total. The fourth-order valence-corrected chi connectivity index (χ4v) is 0.431. The highest BCUT2D eigenvalue weighted by Gasteiger charge is 2.01. The quantitative estimate of drug-likeness (QED) is 0.406. The first kappa shape index (κ1) is 9.48. The van der Waals surface area contributed by atoms with Crippen molar-refractivity contribution < 1.29 is 9.59 Å². The molecule has 0 amide bonds. The van der Waals surface area contributed by atoms with E-state index in [2.05, 4.69) is 33.0 Å². The Labute approximate surface area is 63.1 Å². The van der Waals surface area contributed by atoms with Crippen molar-refractivity contribution in [1.29, 1.82) is 0 Å². The summed E-state index contributed by atoms with van der Waals surface area (Å²) < 4.78 is 0.819. The first-order valence-electron chi connectivity index (χ1n) is 3.39. The predicted molar refractivity (Wildman–Crippen MR) is 42.4 cm³/mol. The summed E-state index contributed by atoms with van der Waals surface area (Å²) in [6.07, 6.45) is -0.494. The smallest absolute Gasteiger partial charge is 0.140 e. The maximum Gasteiger partial charge on any atom is 0.140 e. The van der Waals surface area contributed by atoms with Crippen LogP contribution in [0.5, 0.6) is 0 Å². The fourth-order valence-electron chi connectivity index (χ4n) is 0.431. The van der Waals surface area contributed by atoms with Gasteiger partial charge in [0.1, 0.15) is 12.6 Å². The lowest BCUT2D eigenvalue weighted by molar-refractivity contribution is -0.862. The number of aliphatic hydroxyl groups is 1. The minimum absolute atomic E-state index is 0.494. The maximum atomic E-state index is 8.77. The molecule has 58 valence electrons. The predicted octanol–water partition coefficient (Wildman–Crippen LogP) is 0.0768. The van der Waals surface area contributed by atoms with Crippen molar-refractivity contribution in [1.82, 2.24) is 0 Å². The van der Waals surface area contributed by atoms with Crippen LogP contribution < -0.4 is 0 Å². The van der Waals surface area contributed by atoms with Gasteiger partial charge in [-0.2, -0.15) is 0 Å². The summed E-state index contributed by atoms with van der Waals surface area (Å²) in [5, 5.41) is 8.77. The van der Waals surface area contributed by atoms with Gasteiger partial charge in [0.15, 0.2) is 0 Å². The van der Waals surface area contributed by atoms with Crippen LogP contribution in [0, 0.1) is 11.8 Å². The minimum atomic E-state index is -0.494. The zero-order valence-electron chi connectivity index (χ0n) is 7.18. The van der Waals surface area contributed by atoms with Gasteiger partial charge in [-0.15, -0.1) is 0 Å². The zero-order valence-corrected chi connectivity index (χ0v) is 7.18. The molecule has 0 aliphatic carbocycles. The SMILES string of the molecule is C[C@H](O)C#CC[N+](C)(C)C. The molecule has 2 heteroatoms. The second kappa shape index (κ2) is 3.60. The van der Waals surface area contributed by atoms with Gasteiger partial charge < -0.3 is 9.59 Å². The molecule has 2 nitrogen and oxygen atoms in total. The van der Waals surface area contributed by atoms with Crippen LogP contribution in [-0.2, 0) is 0 Å². The van der Waals surface area contributed by atoms with Crippen LogP contribution in [0.4, 0.5) is 0 Å². The molecule has 0 saturated carbocycles. The molecule has 0 unspecified atom stereocenters. The molecule has 0 fully saturated rings. The maximum absolute atomic E-state index is 8.77. The Morgan fingerprint density at radius 1 is 1.40 bits per heavy atom. The molecular formula is C8H16NO+. The Morgan fingerprint density at radius 2 is 1.90 bits per heavy atom. The van der Waals surface area contributed by atoms with Crippen LogP contribution in [0.2, 0.25) is 0 Å². The molecule has 0 aliphatic heterocycles. The molecule has 0 rings (SSSR count). The van der Waals surface area contributed by atoms with E-state index in [1.807, 2.05) is 0 Å². The molecule has 0 aromatic heterocycles. The summed E-state index contributed by atoms with van der Waals surface area (Å²) >= 11 is 0. The van der Waals surface area contributed by atoms with E-state index in [1.54, 1.807) is 6.92 Å². The standard InChI is InChI=1S/C8H16NO/c1-8(10)6-5-7-9(2,3)4/h8,10H,7H2,1-4H3/q+1/t8-/m0/s1. The van der Waals surface area contributed by atoms with E-state index in [1.165, 1.54) is 0 Å². The van der Waals surface area contributed by atoms with Gasteiger partial charge in [-0.3, -0.25) is 0 Å². The Morgan fingerprint density at radius 3 is 2.20 bits per heavy atom. The molecule has 1 atom stereocenters. The average Bonchev–Trinajstić information content (AvgIpc) is 1.59. The van der Waals surface area contributed by atoms with E-state index in [9.17, 15) is 0 Å². The van der Waals surface area contributed by atoms with Gasteiger partial charge in [0.2, 0.25) is 0 Å². The third-order valence-electron chi connectivity index (χ3n) is 0.864. The fraction of sp³-hybridized carbons (Fsp3) is 0.750. The van der Waals surface area contributed by atoms with E-state index in [-0.39, 0.29) is 0 Å². The normalized spacial score (nSPS) is 13.7. The van der Waals surface area contributed by atoms with Gasteiger partial charge in [-0.05, 0) is 12.8 Å². The van der Waals surface area contributed by atoms with Crippen LogP contribution in [0.15, 0.2) is 0 Å². The summed E-state index contributed by atoms with van der Waals surface area (Å²) in [5.74, 6) is 5.59. The number of quaternary nitrogens is 1. The summed E-state index contributed by atoms with van der Waals surface area (Å²) in [6, 6.07) is 0. The number of hydrogen-bond donors (Lipinski definition) is 1. The number of nitrogens with zero attached hydrogens (tertiary/aromatic N) is 1. The summed E-state index contributed by atoms with van der Waals surface area (Å²) in [4.78, 5) is 0. The van der Waals surface area contributed by atoms with Crippen LogP contribution in [0.25, 0.3) is 0 Å². The van der Waals surface area contributed by atoms with Crippen molar-refractivity contribution in [3.63, 3.8) is 0 Å². The average molecular weight is 142 g/mol. The largest absolute Gasteiger partial charge is 0.381 e. The second-order valence-corrected chi connectivity index (χ2v) is 3.45. The van der Waals surface area contributed by atoms with Crippen LogP contribution in [-0.4, -0.2) is 43.4 Å². The molecule has 0 spiro atoms. The highest BCUT2D eigenvalue weighted by atomic mass is 16.3. The van der Waals surface area contributed by atoms with Crippen molar-refractivity contribution in [3.05, 3.63) is 0 Å². The van der Waals surface area contributed by atoms with Crippen LogP contribution in [0.1, 0.15) is 6.92 Å². The van der Waals surface area contributed by atoms with Gasteiger partial charge in [-0.25, -0.2) is 0 Å². The third kappa shape index (κ3) is 7.48. The monoisotopic (exact) mass is 142 g/mol. The molecule has 10 heavy (non-hydrogen) atoms. The molecule has 0 saturated heterocycles. The molecule has 0 radical (unpaired) electrons. The van der Waals surface area contributed by atoms with E-state index in [0.29, 0.717) is 0 Å². The van der Waals surface area contributed by atoms with Crippen LogP contribution >= 0.6 is 0 Å². The Kier molecular flexibility index (Phi) is 3.41. The topological polar surface area (TPSA) is 20.2 Å². The van der Waals surface area contributed by atoms with Crippen molar-refractivity contribution in [3.8, 4) is 11.8 Å². The van der Waals surface area contributed by atoms with Crippen molar-refractivity contribution in [2.24, 2.45) is 0 Å². The van der Waals surface area contributed by atoms with Crippen molar-refractivity contribution in [2.45, 2.75) is 13.0 Å². The first-order chi connectivity index (χ1) is 4.42. The van der Waals surface area contributed by atoms with Gasteiger partial charge in [0.25, 0.3) is 0 Å². The van der Waals surface area contributed by atoms with Gasteiger partial charge >= 0.3 is 0 Å². The molecule has 0 aromatic rings. The lowest BCUT2D eigenvalue weighted by Crippen LogP contribution is -2.34. The van der Waals surface area contributed by atoms with Gasteiger partial charge in [-0.1, -0.05) is 5.92 Å². The number of hydrogen-bond acceptors (Lipinski definition) is 1. The molecular weight excluding hydrogens is 126 g/mol. The summed E-state index contributed by atoms with van der Waals surface area (Å²) in [7, 11) is 6.20. The van der Waals surface area contributed by atoms with Gasteiger partial charge in [0.05, 0.1) is 21.1 Å². The molecule has 0 heterocycles. The number of aliphatic hydroxyl groups excluding tert-OH is 1. The van der Waals surface area contributed by atoms with Crippen LogP contribution in [0.3, 0.4) is 0 Å². The zero-order chi connectivity index (χ0) is 8.20. The molecule has 0 aromatic carbocycles. The summed E-state index contributed by atoms with van der Waals surface area (Å²) in [5.41, 5.74) is 0. The lowest BCUT2D eigenvalue weighted by atomic mass is 10.4. The van der Waals surface area contributed by atoms with E-state index in [4.69, 9.17) is 5.11 Å². The lowest BCUT2D eigenvalue weighted by Gasteiger charge is -2.20. The highest BCUT2D eigenvalue weighted by Crippen LogP contribution is 1.86. The van der Waals surface area contributed by atoms with Gasteiger partial charge in [0, 0.05) is 0 Å². The number of rotatable bonds is 1.